The van der Waals surface area contributed by atoms with Gasteiger partial charge in [0, 0.05) is 54.7 Å². The predicted molar refractivity (Wildman–Crippen MR) is 208 cm³/mol. The van der Waals surface area contributed by atoms with E-state index in [4.69, 9.17) is 4.74 Å². The number of H-pyrrole nitrogens is 1. The van der Waals surface area contributed by atoms with Gasteiger partial charge in [0.25, 0.3) is 21.8 Å². The number of nitrogens with one attached hydrogen (secondary N) is 4. The fourth-order valence-electron chi connectivity index (χ4n) is 7.04. The Morgan fingerprint density at radius 2 is 1.69 bits per heavy atom. The Labute approximate surface area is 319 Å². The van der Waals surface area contributed by atoms with E-state index >= 15 is 0 Å². The standard InChI is InChI=1S/C25H32N4O6S.C16H13NO2/c1-17(30)29-14-8-12-21(29)23(32)27-25-16-19(25)10-5-3-2-4-6-13-26-22(31)18-9-7-11-20(15-18)36(34,35)28-24(25)33;1-19-12-7-8-13-15(9-12)17-14(10-16(13)18)11-5-3-2-4-6-11/h5,7,9-11,15,19,21H,2-4,6,8,12-14,16H2,1H3,(H,26,31)(H,27,32)(H,28,33);2-10H,1H3,(H,17,18)/b10-5+;/t19?,21-,25+;/m0./s1. The molecule has 288 valence electrons. The van der Waals surface area contributed by atoms with Crippen LogP contribution in [-0.2, 0) is 24.4 Å². The van der Waals surface area contributed by atoms with Crippen LogP contribution in [0.15, 0.2) is 101 Å². The van der Waals surface area contributed by atoms with Gasteiger partial charge in [0.15, 0.2) is 5.43 Å². The quantitative estimate of drug-likeness (QED) is 0.220. The average Bonchev–Trinajstić information content (AvgIpc) is 3.63. The normalized spacial score (nSPS) is 22.8. The summed E-state index contributed by atoms with van der Waals surface area (Å²) in [7, 11) is -2.70. The van der Waals surface area contributed by atoms with Crippen molar-refractivity contribution < 1.29 is 32.3 Å². The van der Waals surface area contributed by atoms with Crippen LogP contribution in [0.3, 0.4) is 0 Å². The molecule has 2 bridgehead atoms. The molecular weight excluding hydrogens is 723 g/mol. The first kappa shape index (κ1) is 38.9. The summed E-state index contributed by atoms with van der Waals surface area (Å²) < 4.78 is 33.4. The first-order valence-electron chi connectivity index (χ1n) is 18.4. The largest absolute Gasteiger partial charge is 0.497 e. The first-order valence-corrected chi connectivity index (χ1v) is 19.9. The Morgan fingerprint density at radius 3 is 2.45 bits per heavy atom. The van der Waals surface area contributed by atoms with Gasteiger partial charge in [-0.1, -0.05) is 55.0 Å². The number of carbonyl (C=O) groups excluding carboxylic acids is 4. The van der Waals surface area contributed by atoms with Crippen molar-refractivity contribution >= 4 is 44.6 Å². The molecule has 1 aliphatic carbocycles. The number of ether oxygens (including phenoxy) is 1. The summed E-state index contributed by atoms with van der Waals surface area (Å²) in [5.41, 5.74) is 1.35. The maximum atomic E-state index is 13.4. The number of methoxy groups -OCH3 is 1. The fraction of sp³-hybridized carbons (Fsp3) is 0.341. The Bertz CT molecular complexity index is 2290. The molecule has 2 fully saturated rings. The van der Waals surface area contributed by atoms with Crippen molar-refractivity contribution in [3.8, 4) is 17.0 Å². The van der Waals surface area contributed by atoms with Crippen molar-refractivity contribution in [2.24, 2.45) is 5.92 Å². The van der Waals surface area contributed by atoms with Crippen LogP contribution in [-0.4, -0.2) is 73.7 Å². The third-order valence-electron chi connectivity index (χ3n) is 10.2. The third-order valence-corrected chi connectivity index (χ3v) is 11.5. The molecule has 4 aromatic rings. The van der Waals surface area contributed by atoms with E-state index in [1.54, 1.807) is 25.3 Å². The zero-order valence-corrected chi connectivity index (χ0v) is 31.6. The highest BCUT2D eigenvalue weighted by atomic mass is 32.2. The number of sulfonamides is 1. The Kier molecular flexibility index (Phi) is 11.8. The third kappa shape index (κ3) is 8.97. The number of hydrogen-bond donors (Lipinski definition) is 4. The zero-order valence-electron chi connectivity index (χ0n) is 30.8. The SMILES string of the molecule is CC(=O)N1CCC[C@H]1C(=O)N[C@]12CC1/C=C/CCCCCNC(=O)c1cccc(c1)S(=O)(=O)NC2=O.COc1ccc2c(=O)cc(-c3ccccc3)[nH]c2c1. The van der Waals surface area contributed by atoms with Crippen LogP contribution >= 0.6 is 0 Å². The van der Waals surface area contributed by atoms with E-state index in [0.29, 0.717) is 31.3 Å². The van der Waals surface area contributed by atoms with Crippen molar-refractivity contribution in [3.05, 3.63) is 107 Å². The lowest BCUT2D eigenvalue weighted by Crippen LogP contribution is -2.56. The monoisotopic (exact) mass is 767 g/mol. The lowest BCUT2D eigenvalue weighted by molar-refractivity contribution is -0.138. The van der Waals surface area contributed by atoms with Gasteiger partial charge in [0.1, 0.15) is 17.3 Å². The van der Waals surface area contributed by atoms with Crippen LogP contribution in [0, 0.1) is 5.92 Å². The summed E-state index contributed by atoms with van der Waals surface area (Å²) >= 11 is 0. The fourth-order valence-corrected chi connectivity index (χ4v) is 8.12. The van der Waals surface area contributed by atoms with Crippen LogP contribution in [0.5, 0.6) is 5.75 Å². The van der Waals surface area contributed by atoms with E-state index in [2.05, 4.69) is 20.3 Å². The molecule has 0 radical (unpaired) electrons. The summed E-state index contributed by atoms with van der Waals surface area (Å²) in [4.78, 5) is 67.5. The maximum Gasteiger partial charge on any atom is 0.264 e. The van der Waals surface area contributed by atoms with Crippen molar-refractivity contribution in [2.75, 3.05) is 20.2 Å². The van der Waals surface area contributed by atoms with E-state index in [1.807, 2.05) is 48.6 Å². The topological polar surface area (TPSA) is 184 Å². The predicted octanol–water partition coefficient (Wildman–Crippen LogP) is 4.44. The molecule has 3 heterocycles. The highest BCUT2D eigenvalue weighted by Gasteiger charge is 2.61. The van der Waals surface area contributed by atoms with Gasteiger partial charge in [-0.2, -0.15) is 0 Å². The van der Waals surface area contributed by atoms with Gasteiger partial charge in [-0.25, -0.2) is 13.1 Å². The minimum absolute atomic E-state index is 0.00950. The molecule has 4 N–H and O–H groups in total. The van der Waals surface area contributed by atoms with E-state index in [0.717, 1.165) is 48.2 Å². The number of carbonyl (C=O) groups is 4. The smallest absolute Gasteiger partial charge is 0.264 e. The lowest BCUT2D eigenvalue weighted by Gasteiger charge is -2.26. The Balaban J connectivity index is 0.000000226. The van der Waals surface area contributed by atoms with Crippen LogP contribution in [0.25, 0.3) is 22.2 Å². The van der Waals surface area contributed by atoms with Crippen LogP contribution in [0.2, 0.25) is 0 Å². The van der Waals surface area contributed by atoms with Crippen LogP contribution < -0.4 is 25.5 Å². The van der Waals surface area contributed by atoms with Crippen molar-refractivity contribution in [3.63, 3.8) is 0 Å². The van der Waals surface area contributed by atoms with Crippen LogP contribution in [0.4, 0.5) is 0 Å². The van der Waals surface area contributed by atoms with Gasteiger partial charge in [0.2, 0.25) is 11.8 Å². The van der Waals surface area contributed by atoms with Crippen molar-refractivity contribution in [2.45, 2.75) is 68.3 Å². The highest BCUT2D eigenvalue weighted by molar-refractivity contribution is 7.90. The van der Waals surface area contributed by atoms with Crippen molar-refractivity contribution in [1.29, 1.82) is 0 Å². The summed E-state index contributed by atoms with van der Waals surface area (Å²) in [6, 6.07) is 21.6. The minimum Gasteiger partial charge on any atom is -0.497 e. The number of allylic oxidation sites excluding steroid dienone is 1. The molecule has 3 atom stereocenters. The average molecular weight is 768 g/mol. The van der Waals surface area contributed by atoms with E-state index in [9.17, 15) is 32.4 Å². The number of likely N-dealkylation sites (tertiary alicyclic amines) is 1. The number of pyridine rings is 1. The number of rotatable bonds is 4. The Hall–Kier alpha value is -5.76. The molecule has 1 saturated heterocycles. The molecule has 4 amide bonds. The second-order valence-corrected chi connectivity index (χ2v) is 15.6. The summed E-state index contributed by atoms with van der Waals surface area (Å²) in [6.45, 7) is 2.34. The van der Waals surface area contributed by atoms with Crippen molar-refractivity contribution in [1.82, 2.24) is 25.2 Å². The van der Waals surface area contributed by atoms with Gasteiger partial charge >= 0.3 is 0 Å². The second-order valence-electron chi connectivity index (χ2n) is 14.0. The number of benzene rings is 3. The molecule has 1 aromatic heterocycles. The molecule has 1 unspecified atom stereocenters. The minimum atomic E-state index is -4.31. The molecular formula is C41H45N5O8S. The van der Waals surface area contributed by atoms with Gasteiger partial charge < -0.3 is 25.3 Å². The highest BCUT2D eigenvalue weighted by Crippen LogP contribution is 2.45. The summed E-state index contributed by atoms with van der Waals surface area (Å²) in [6.07, 6.45) is 8.55. The molecule has 3 aromatic carbocycles. The number of amides is 4. The summed E-state index contributed by atoms with van der Waals surface area (Å²) in [5, 5.41) is 6.24. The van der Waals surface area contributed by atoms with Crippen LogP contribution in [0.1, 0.15) is 62.2 Å². The molecule has 0 spiro atoms. The molecule has 1 saturated carbocycles. The number of aromatic amines is 1. The van der Waals surface area contributed by atoms with Gasteiger partial charge in [0.05, 0.1) is 17.5 Å². The maximum absolute atomic E-state index is 13.4. The van der Waals surface area contributed by atoms with Gasteiger partial charge in [-0.05, 0) is 74.4 Å². The number of hydrogen-bond acceptors (Lipinski definition) is 8. The summed E-state index contributed by atoms with van der Waals surface area (Å²) in [5.74, 6) is -1.54. The number of fused-ring (bicyclic) bond motifs is 4. The number of aromatic nitrogens is 1. The molecule has 14 heteroatoms. The van der Waals surface area contributed by atoms with Gasteiger partial charge in [-0.15, -0.1) is 0 Å². The molecule has 3 aliphatic rings. The number of nitrogens with zero attached hydrogens (tertiary/aromatic N) is 1. The second kappa shape index (κ2) is 16.7. The molecule has 7 rings (SSSR count). The van der Waals surface area contributed by atoms with E-state index in [-0.39, 0.29) is 40.0 Å². The Morgan fingerprint density at radius 1 is 0.909 bits per heavy atom. The van der Waals surface area contributed by atoms with E-state index in [1.165, 1.54) is 36.1 Å². The molecule has 2 aliphatic heterocycles. The van der Waals surface area contributed by atoms with Gasteiger partial charge in [-0.3, -0.25) is 24.0 Å². The molecule has 13 nitrogen and oxygen atoms in total. The zero-order chi connectivity index (χ0) is 39.2. The lowest BCUT2D eigenvalue weighted by atomic mass is 10.1. The first-order chi connectivity index (χ1) is 26.4. The van der Waals surface area contributed by atoms with E-state index < -0.39 is 33.4 Å². The molecule has 55 heavy (non-hydrogen) atoms.